The van der Waals surface area contributed by atoms with Gasteiger partial charge in [0.1, 0.15) is 12.3 Å². The molecule has 0 radical (unpaired) electrons. The summed E-state index contributed by atoms with van der Waals surface area (Å²) in [7, 11) is 0. The van der Waals surface area contributed by atoms with E-state index in [1.54, 1.807) is 12.1 Å². The average Bonchev–Trinajstić information content (AvgIpc) is 2.66. The molecule has 0 spiro atoms. The average molecular weight is 405 g/mol. The van der Waals surface area contributed by atoms with Crippen molar-refractivity contribution in [2.75, 3.05) is 16.8 Å². The number of halogens is 3. The second-order valence-corrected chi connectivity index (χ2v) is 5.99. The highest BCUT2D eigenvalue weighted by Crippen LogP contribution is 2.28. The standard InChI is InChI=1S/C18H14F3N5O3/c19-18(20,21)29-12-5-3-11(4-6-12)13(7-8-22)25-17(28)26-10-15(27)24-14-2-1-9-23-16(14)26/h1-6,9,13H,7,10H2,(H,24,27)(H,25,28). The fourth-order valence-electron chi connectivity index (χ4n) is 2.76. The number of amides is 3. The molecule has 150 valence electrons. The van der Waals surface area contributed by atoms with Gasteiger partial charge in [0.2, 0.25) is 5.91 Å². The number of ether oxygens (including phenoxy) is 1. The topological polar surface area (TPSA) is 107 Å². The summed E-state index contributed by atoms with van der Waals surface area (Å²) in [5.41, 5.74) is 0.765. The summed E-state index contributed by atoms with van der Waals surface area (Å²) in [5.74, 6) is -0.588. The molecule has 0 bridgehead atoms. The van der Waals surface area contributed by atoms with E-state index in [4.69, 9.17) is 5.26 Å². The van der Waals surface area contributed by atoms with Crippen molar-refractivity contribution in [3.63, 3.8) is 0 Å². The van der Waals surface area contributed by atoms with E-state index in [9.17, 15) is 22.8 Å². The number of carbonyl (C=O) groups excluding carboxylic acids is 2. The first kappa shape index (κ1) is 19.9. The third kappa shape index (κ3) is 4.92. The summed E-state index contributed by atoms with van der Waals surface area (Å²) < 4.78 is 40.7. The molecule has 0 aliphatic carbocycles. The molecular formula is C18H14F3N5O3. The van der Waals surface area contributed by atoms with Gasteiger partial charge in [0.25, 0.3) is 0 Å². The van der Waals surface area contributed by atoms with E-state index < -0.39 is 30.1 Å². The summed E-state index contributed by atoms with van der Waals surface area (Å²) in [6, 6.07) is 8.43. The van der Waals surface area contributed by atoms with Gasteiger partial charge in [-0.15, -0.1) is 13.2 Å². The molecule has 1 aliphatic rings. The Morgan fingerprint density at radius 1 is 1.34 bits per heavy atom. The van der Waals surface area contributed by atoms with E-state index >= 15 is 0 Å². The van der Waals surface area contributed by atoms with Crippen LogP contribution in [-0.4, -0.2) is 29.8 Å². The maximum Gasteiger partial charge on any atom is 0.573 e. The SMILES string of the molecule is N#CCC(NC(=O)N1CC(=O)Nc2cccnc21)c1ccc(OC(F)(F)F)cc1. The van der Waals surface area contributed by atoms with Crippen molar-refractivity contribution < 1.29 is 27.5 Å². The van der Waals surface area contributed by atoms with E-state index in [-0.39, 0.29) is 18.8 Å². The van der Waals surface area contributed by atoms with Gasteiger partial charge in [0, 0.05) is 6.20 Å². The highest BCUT2D eigenvalue weighted by atomic mass is 19.4. The summed E-state index contributed by atoms with van der Waals surface area (Å²) in [5, 5.41) is 14.3. The zero-order valence-electron chi connectivity index (χ0n) is 14.7. The van der Waals surface area contributed by atoms with Crippen molar-refractivity contribution in [2.24, 2.45) is 0 Å². The van der Waals surface area contributed by atoms with Gasteiger partial charge in [-0.1, -0.05) is 12.1 Å². The van der Waals surface area contributed by atoms with Crippen LogP contribution >= 0.6 is 0 Å². The Kier molecular flexibility index (Phi) is 5.54. The van der Waals surface area contributed by atoms with Gasteiger partial charge in [-0.3, -0.25) is 9.69 Å². The molecule has 1 aliphatic heterocycles. The molecule has 3 amide bonds. The predicted octanol–water partition coefficient (Wildman–Crippen LogP) is 3.10. The lowest BCUT2D eigenvalue weighted by Crippen LogP contribution is -2.48. The minimum Gasteiger partial charge on any atom is -0.406 e. The molecule has 0 saturated carbocycles. The number of hydrogen-bond donors (Lipinski definition) is 2. The first-order valence-electron chi connectivity index (χ1n) is 8.32. The number of alkyl halides is 3. The number of hydrogen-bond acceptors (Lipinski definition) is 5. The Bertz CT molecular complexity index is 956. The monoisotopic (exact) mass is 405 g/mol. The zero-order chi connectivity index (χ0) is 21.0. The molecular weight excluding hydrogens is 391 g/mol. The molecule has 1 aromatic carbocycles. The van der Waals surface area contributed by atoms with Gasteiger partial charge in [-0.25, -0.2) is 9.78 Å². The summed E-state index contributed by atoms with van der Waals surface area (Å²) >= 11 is 0. The van der Waals surface area contributed by atoms with Crippen molar-refractivity contribution in [1.82, 2.24) is 10.3 Å². The lowest BCUT2D eigenvalue weighted by molar-refractivity contribution is -0.274. The number of rotatable bonds is 4. The van der Waals surface area contributed by atoms with Gasteiger partial charge >= 0.3 is 12.4 Å². The molecule has 1 unspecified atom stereocenters. The second-order valence-electron chi connectivity index (χ2n) is 5.99. The highest BCUT2D eigenvalue weighted by molar-refractivity contribution is 6.08. The van der Waals surface area contributed by atoms with Crippen LogP contribution in [0.5, 0.6) is 5.75 Å². The highest BCUT2D eigenvalue weighted by Gasteiger charge is 2.32. The Hall–Kier alpha value is -3.81. The molecule has 3 rings (SSSR count). The molecule has 1 atom stereocenters. The van der Waals surface area contributed by atoms with Crippen LogP contribution in [0.25, 0.3) is 0 Å². The molecule has 2 aromatic rings. The van der Waals surface area contributed by atoms with E-state index in [0.29, 0.717) is 11.3 Å². The van der Waals surface area contributed by atoms with Crippen molar-refractivity contribution in [3.05, 3.63) is 48.2 Å². The van der Waals surface area contributed by atoms with E-state index in [1.807, 2.05) is 6.07 Å². The minimum absolute atomic E-state index is 0.139. The number of pyridine rings is 1. The van der Waals surface area contributed by atoms with Gasteiger partial charge in [0.15, 0.2) is 5.82 Å². The van der Waals surface area contributed by atoms with Crippen LogP contribution in [-0.2, 0) is 4.79 Å². The molecule has 29 heavy (non-hydrogen) atoms. The Morgan fingerprint density at radius 3 is 2.72 bits per heavy atom. The largest absolute Gasteiger partial charge is 0.573 e. The third-order valence-corrected chi connectivity index (χ3v) is 3.97. The lowest BCUT2D eigenvalue weighted by atomic mass is 10.0. The molecule has 8 nitrogen and oxygen atoms in total. The minimum atomic E-state index is -4.82. The lowest BCUT2D eigenvalue weighted by Gasteiger charge is -2.29. The van der Waals surface area contributed by atoms with E-state index in [1.165, 1.54) is 18.3 Å². The fraction of sp³-hybridized carbons (Fsp3) is 0.222. The van der Waals surface area contributed by atoms with Gasteiger partial charge in [0.05, 0.1) is 24.2 Å². The number of nitriles is 1. The molecule has 11 heteroatoms. The normalized spacial score (nSPS) is 14.3. The van der Waals surface area contributed by atoms with Crippen molar-refractivity contribution in [3.8, 4) is 11.8 Å². The Labute approximate surface area is 162 Å². The fourth-order valence-corrected chi connectivity index (χ4v) is 2.76. The summed E-state index contributed by atoms with van der Waals surface area (Å²) in [6.45, 7) is -0.270. The van der Waals surface area contributed by atoms with Crippen LogP contribution in [0.1, 0.15) is 18.0 Å². The molecule has 0 fully saturated rings. The predicted molar refractivity (Wildman–Crippen MR) is 94.8 cm³/mol. The number of nitrogens with one attached hydrogen (secondary N) is 2. The number of urea groups is 1. The van der Waals surface area contributed by atoms with Crippen LogP contribution in [0, 0.1) is 11.3 Å². The van der Waals surface area contributed by atoms with Gasteiger partial charge < -0.3 is 15.4 Å². The summed E-state index contributed by atoms with van der Waals surface area (Å²) in [6.07, 6.45) is -3.50. The van der Waals surface area contributed by atoms with Crippen LogP contribution in [0.4, 0.5) is 29.5 Å². The number of anilines is 2. The van der Waals surface area contributed by atoms with Crippen molar-refractivity contribution in [2.45, 2.75) is 18.8 Å². The van der Waals surface area contributed by atoms with Crippen LogP contribution < -0.4 is 20.3 Å². The maximum atomic E-state index is 12.7. The number of nitrogens with zero attached hydrogens (tertiary/aromatic N) is 3. The quantitative estimate of drug-likeness (QED) is 0.813. The first-order valence-corrected chi connectivity index (χ1v) is 8.32. The van der Waals surface area contributed by atoms with E-state index in [0.717, 1.165) is 17.0 Å². The molecule has 2 heterocycles. The Morgan fingerprint density at radius 2 is 2.07 bits per heavy atom. The van der Waals surface area contributed by atoms with Gasteiger partial charge in [-0.2, -0.15) is 5.26 Å². The smallest absolute Gasteiger partial charge is 0.406 e. The third-order valence-electron chi connectivity index (χ3n) is 3.97. The van der Waals surface area contributed by atoms with Crippen molar-refractivity contribution in [1.29, 1.82) is 5.26 Å². The maximum absolute atomic E-state index is 12.7. The number of fused-ring (bicyclic) bond motifs is 1. The Balaban J connectivity index is 1.78. The molecule has 0 saturated heterocycles. The van der Waals surface area contributed by atoms with Crippen LogP contribution in [0.3, 0.4) is 0 Å². The first-order chi connectivity index (χ1) is 13.8. The van der Waals surface area contributed by atoms with E-state index in [2.05, 4.69) is 20.4 Å². The number of carbonyl (C=O) groups is 2. The number of benzene rings is 1. The van der Waals surface area contributed by atoms with Crippen LogP contribution in [0.15, 0.2) is 42.6 Å². The van der Waals surface area contributed by atoms with Gasteiger partial charge in [-0.05, 0) is 29.8 Å². The number of aromatic nitrogens is 1. The van der Waals surface area contributed by atoms with Crippen LogP contribution in [0.2, 0.25) is 0 Å². The summed E-state index contributed by atoms with van der Waals surface area (Å²) in [4.78, 5) is 29.8. The van der Waals surface area contributed by atoms with Crippen molar-refractivity contribution >= 4 is 23.4 Å². The molecule has 1 aromatic heterocycles. The second kappa shape index (κ2) is 8.05. The zero-order valence-corrected chi connectivity index (χ0v) is 14.7. The molecule has 2 N–H and O–H groups in total.